The van der Waals surface area contributed by atoms with Gasteiger partial charge in [0.2, 0.25) is 6.29 Å². The Morgan fingerprint density at radius 1 is 0.821 bits per heavy atom. The highest BCUT2D eigenvalue weighted by Crippen LogP contribution is 2.75. The van der Waals surface area contributed by atoms with Gasteiger partial charge in [0, 0.05) is 11.3 Å². The summed E-state index contributed by atoms with van der Waals surface area (Å²) in [6.07, 6.45) is -8.27. The lowest BCUT2D eigenvalue weighted by molar-refractivity contribution is -0.327. The maximum Gasteiger partial charge on any atom is 0.335 e. The van der Waals surface area contributed by atoms with Crippen LogP contribution >= 0.6 is 0 Å². The van der Waals surface area contributed by atoms with Gasteiger partial charge in [0.15, 0.2) is 12.4 Å². The fraction of sp³-hybridized carbons (Fsp3) is 0.854. The second-order valence-corrected chi connectivity index (χ2v) is 19.1. The molecule has 19 atom stereocenters. The molecule has 15 nitrogen and oxygen atoms in total. The molecular weight excluding hydrogens is 732 g/mol. The lowest BCUT2D eigenvalue weighted by atomic mass is 9.34. The van der Waals surface area contributed by atoms with Crippen molar-refractivity contribution in [3.63, 3.8) is 0 Å². The molecule has 4 saturated carbocycles. The zero-order valence-electron chi connectivity index (χ0n) is 32.8. The van der Waals surface area contributed by atoms with Crippen molar-refractivity contribution in [2.45, 2.75) is 159 Å². The summed E-state index contributed by atoms with van der Waals surface area (Å²) >= 11 is 0. The number of hydrogen-bond acceptors (Lipinski definition) is 14. The van der Waals surface area contributed by atoms with Crippen molar-refractivity contribution in [3.05, 3.63) is 23.8 Å². The molecule has 0 spiro atoms. The Kier molecular flexibility index (Phi) is 11.0. The van der Waals surface area contributed by atoms with Crippen LogP contribution in [0, 0.1) is 44.8 Å². The van der Waals surface area contributed by atoms with E-state index in [-0.39, 0.29) is 40.6 Å². The predicted molar refractivity (Wildman–Crippen MR) is 195 cm³/mol. The lowest BCUT2D eigenvalue weighted by Gasteiger charge is -2.71. The van der Waals surface area contributed by atoms with Crippen molar-refractivity contribution in [2.75, 3.05) is 13.2 Å². The minimum atomic E-state index is -1.84. The molecule has 0 unspecified atom stereocenters. The third-order valence-electron chi connectivity index (χ3n) is 16.7. The molecule has 9 N–H and O–H groups in total. The first kappa shape index (κ1) is 42.1. The van der Waals surface area contributed by atoms with Crippen LogP contribution in [0.15, 0.2) is 23.8 Å². The van der Waals surface area contributed by atoms with Crippen molar-refractivity contribution in [1.82, 2.24) is 0 Å². The Morgan fingerprint density at radius 3 is 2.16 bits per heavy atom. The van der Waals surface area contributed by atoms with Gasteiger partial charge < -0.3 is 64.9 Å². The minimum Gasteiger partial charge on any atom is -0.479 e. The van der Waals surface area contributed by atoms with Gasteiger partial charge in [-0.1, -0.05) is 51.5 Å². The molecule has 15 heteroatoms. The number of fused-ring (bicyclic) bond motifs is 7. The van der Waals surface area contributed by atoms with E-state index in [9.17, 15) is 55.5 Å². The minimum absolute atomic E-state index is 0.0347. The summed E-state index contributed by atoms with van der Waals surface area (Å²) in [4.78, 5) is 26.2. The molecule has 2 saturated heterocycles. The number of carbonyl (C=O) groups excluding carboxylic acids is 1. The van der Waals surface area contributed by atoms with Crippen molar-refractivity contribution in [2.24, 2.45) is 44.8 Å². The van der Waals surface area contributed by atoms with Gasteiger partial charge >= 0.3 is 11.9 Å². The van der Waals surface area contributed by atoms with E-state index in [4.69, 9.17) is 18.9 Å². The lowest BCUT2D eigenvalue weighted by Crippen LogP contribution is -2.67. The van der Waals surface area contributed by atoms with Gasteiger partial charge in [0.1, 0.15) is 42.7 Å². The number of esters is 1. The summed E-state index contributed by atoms with van der Waals surface area (Å²) in [6, 6.07) is 0. The highest BCUT2D eigenvalue weighted by molar-refractivity contribution is 5.79. The SMILES string of the molecule is C=C1CC[C@]2(C(=O)O[C@@H]3O[C@H](CO)[C@H](O)[C@H](O)[C@H]3O)CC[C@]3(C)C(=CC[C@@H]4[C@@]5(C)CC[C@H](O[C@@H]6O[C@H](C(=O)O)[C@@H](O)[C@H](O)[C@H]6O)[C@@](C)(CO)[C@@H]5CC[C@]43C)[C@@H]2C1. The Labute approximate surface area is 327 Å². The number of ether oxygens (including phenoxy) is 4. The molecule has 7 rings (SSSR count). The Balaban J connectivity index is 1.16. The number of carboxylic acids is 1. The number of rotatable bonds is 7. The molecule has 2 aliphatic heterocycles. The van der Waals surface area contributed by atoms with Gasteiger partial charge in [-0.3, -0.25) is 4.79 Å². The van der Waals surface area contributed by atoms with E-state index >= 15 is 0 Å². The van der Waals surface area contributed by atoms with E-state index < -0.39 is 96.9 Å². The summed E-state index contributed by atoms with van der Waals surface area (Å²) in [6.45, 7) is 12.4. The summed E-state index contributed by atoms with van der Waals surface area (Å²) < 4.78 is 23.3. The van der Waals surface area contributed by atoms with Gasteiger partial charge in [-0.05, 0) is 92.3 Å². The number of carbonyl (C=O) groups is 2. The first-order valence-corrected chi connectivity index (χ1v) is 20.3. The van der Waals surface area contributed by atoms with Crippen LogP contribution in [0.2, 0.25) is 0 Å². The van der Waals surface area contributed by atoms with E-state index in [0.29, 0.717) is 44.9 Å². The van der Waals surface area contributed by atoms with E-state index in [2.05, 4.69) is 33.4 Å². The highest BCUT2D eigenvalue weighted by Gasteiger charge is 2.70. The van der Waals surface area contributed by atoms with Crippen LogP contribution in [-0.2, 0) is 28.5 Å². The summed E-state index contributed by atoms with van der Waals surface area (Å²) in [5, 5.41) is 93.3. The van der Waals surface area contributed by atoms with E-state index in [1.165, 1.54) is 5.57 Å². The molecule has 56 heavy (non-hydrogen) atoms. The van der Waals surface area contributed by atoms with Crippen LogP contribution in [-0.4, -0.2) is 139 Å². The van der Waals surface area contributed by atoms with Crippen LogP contribution < -0.4 is 0 Å². The smallest absolute Gasteiger partial charge is 0.335 e. The molecule has 0 amide bonds. The molecule has 0 bridgehead atoms. The van der Waals surface area contributed by atoms with Crippen LogP contribution in [0.1, 0.15) is 91.9 Å². The van der Waals surface area contributed by atoms with Crippen molar-refractivity contribution in [1.29, 1.82) is 0 Å². The quantitative estimate of drug-likeness (QED) is 0.0987. The number of hydrogen-bond donors (Lipinski definition) is 9. The topological polar surface area (TPSA) is 253 Å². The third-order valence-corrected chi connectivity index (χ3v) is 16.7. The third kappa shape index (κ3) is 6.01. The average molecular weight is 795 g/mol. The number of allylic oxidation sites excluding steroid dienone is 3. The number of aliphatic carboxylic acids is 1. The van der Waals surface area contributed by atoms with Crippen LogP contribution in [0.4, 0.5) is 0 Å². The van der Waals surface area contributed by atoms with Crippen LogP contribution in [0.5, 0.6) is 0 Å². The first-order chi connectivity index (χ1) is 26.2. The number of carboxylic acid groups (broad SMARTS) is 1. The zero-order chi connectivity index (χ0) is 40.9. The maximum absolute atomic E-state index is 14.4. The molecule has 2 heterocycles. The standard InChI is InChI=1S/C41H62O15/c1-19-8-13-41(36(52)56-34-30(48)27(45)26(44)22(17-42)53-34)15-14-39(4)20(21(41)16-19)6-7-24-37(2)11-10-25(38(3,18-43)23(37)9-12-40(24,39)5)54-35-31(49)28(46)29(47)32(55-35)33(50)51/h6,21-32,34-35,42-49H,1,7-18H2,2-5H3,(H,50,51)/t21-,22+,23+,24+,25-,26-,27-,28-,29-,30+,31+,32-,34-,35+,37-,38-,39+,40+,41-/m0/s1. The molecule has 7 aliphatic rings. The zero-order valence-corrected chi connectivity index (χ0v) is 32.8. The molecule has 316 valence electrons. The van der Waals surface area contributed by atoms with Crippen molar-refractivity contribution >= 4 is 11.9 Å². The number of aliphatic hydroxyl groups excluding tert-OH is 8. The van der Waals surface area contributed by atoms with E-state index in [0.717, 1.165) is 24.8 Å². The van der Waals surface area contributed by atoms with Gasteiger partial charge in [-0.25, -0.2) is 4.79 Å². The van der Waals surface area contributed by atoms with E-state index in [1.54, 1.807) is 0 Å². The Morgan fingerprint density at radius 2 is 1.50 bits per heavy atom. The monoisotopic (exact) mass is 794 g/mol. The average Bonchev–Trinajstić information content (AvgIpc) is 3.16. The van der Waals surface area contributed by atoms with Crippen LogP contribution in [0.3, 0.4) is 0 Å². The van der Waals surface area contributed by atoms with Crippen molar-refractivity contribution < 1.29 is 74.5 Å². The van der Waals surface area contributed by atoms with Crippen LogP contribution in [0.25, 0.3) is 0 Å². The Hall–Kier alpha value is -2.02. The number of aliphatic hydroxyl groups is 8. The summed E-state index contributed by atoms with van der Waals surface area (Å²) in [5.41, 5.74) is -0.307. The van der Waals surface area contributed by atoms with Gasteiger partial charge in [-0.15, -0.1) is 0 Å². The second-order valence-electron chi connectivity index (χ2n) is 19.1. The first-order valence-electron chi connectivity index (χ1n) is 20.3. The summed E-state index contributed by atoms with van der Waals surface area (Å²) in [7, 11) is 0. The molecule has 0 aromatic rings. The maximum atomic E-state index is 14.4. The fourth-order valence-corrected chi connectivity index (χ4v) is 13.1. The fourth-order valence-electron chi connectivity index (χ4n) is 13.1. The molecule has 0 radical (unpaired) electrons. The van der Waals surface area contributed by atoms with Crippen molar-refractivity contribution in [3.8, 4) is 0 Å². The van der Waals surface area contributed by atoms with E-state index in [1.807, 2.05) is 6.92 Å². The van der Waals surface area contributed by atoms with Gasteiger partial charge in [0.25, 0.3) is 0 Å². The molecule has 0 aromatic carbocycles. The molecule has 5 aliphatic carbocycles. The molecule has 0 aromatic heterocycles. The normalized spacial score (nSPS) is 53.1. The molecule has 6 fully saturated rings. The Bertz CT molecular complexity index is 1580. The summed E-state index contributed by atoms with van der Waals surface area (Å²) in [5.74, 6) is -2.11. The molecular formula is C41H62O15. The largest absolute Gasteiger partial charge is 0.479 e. The van der Waals surface area contributed by atoms with Gasteiger partial charge in [0.05, 0.1) is 24.7 Å². The van der Waals surface area contributed by atoms with Gasteiger partial charge in [-0.2, -0.15) is 0 Å². The highest BCUT2D eigenvalue weighted by atomic mass is 16.7. The second kappa shape index (κ2) is 14.6. The predicted octanol–water partition coefficient (Wildman–Crippen LogP) is 0.911.